The van der Waals surface area contributed by atoms with Gasteiger partial charge in [-0.25, -0.2) is 4.79 Å². The minimum Gasteiger partial charge on any atom is -0.463 e. The molecule has 3 nitrogen and oxygen atoms in total. The Morgan fingerprint density at radius 3 is 1.97 bits per heavy atom. The molecule has 0 N–H and O–H groups in total. The fourth-order valence-electron chi connectivity index (χ4n) is 4.53. The standard InChI is InChI=1S/C29H31O3Si/c1-5-31-26(30)19-21(2)24-17-12-18-25(20-24)28(32-33)29(3,4)27(22-13-8-6-9-14-22)23-15-10-7-11-16-23/h6-20,27-28H,5H2,1-4H3. The summed E-state index contributed by atoms with van der Waals surface area (Å²) >= 11 is 0. The lowest BCUT2D eigenvalue weighted by Gasteiger charge is -2.41. The summed E-state index contributed by atoms with van der Waals surface area (Å²) in [6.07, 6.45) is 1.28. The molecule has 3 aromatic carbocycles. The van der Waals surface area contributed by atoms with E-state index in [0.29, 0.717) is 6.61 Å². The van der Waals surface area contributed by atoms with Crippen molar-refractivity contribution in [2.24, 2.45) is 5.41 Å². The van der Waals surface area contributed by atoms with Crippen LogP contribution in [-0.2, 0) is 14.0 Å². The zero-order valence-corrected chi connectivity index (χ0v) is 20.7. The molecule has 0 amide bonds. The number of carbonyl (C=O) groups excluding carboxylic acids is 1. The Morgan fingerprint density at radius 1 is 0.909 bits per heavy atom. The molecule has 3 radical (unpaired) electrons. The maximum atomic E-state index is 11.9. The first-order valence-electron chi connectivity index (χ1n) is 11.3. The molecule has 169 valence electrons. The van der Waals surface area contributed by atoms with Gasteiger partial charge in [0.1, 0.15) is 0 Å². The molecule has 0 heterocycles. The van der Waals surface area contributed by atoms with Crippen LogP contribution in [0.5, 0.6) is 0 Å². The maximum Gasteiger partial charge on any atom is 0.331 e. The quantitative estimate of drug-likeness (QED) is 0.206. The Bertz CT molecular complexity index is 1030. The van der Waals surface area contributed by atoms with Crippen LogP contribution in [0, 0.1) is 5.41 Å². The summed E-state index contributed by atoms with van der Waals surface area (Å²) in [4.78, 5) is 11.9. The summed E-state index contributed by atoms with van der Waals surface area (Å²) in [6, 6.07) is 29.2. The monoisotopic (exact) mass is 455 g/mol. The van der Waals surface area contributed by atoms with Crippen molar-refractivity contribution in [1.29, 1.82) is 0 Å². The molecule has 0 aliphatic heterocycles. The van der Waals surface area contributed by atoms with Gasteiger partial charge in [0.05, 0.1) is 12.7 Å². The molecule has 1 atom stereocenters. The van der Waals surface area contributed by atoms with Gasteiger partial charge in [0.2, 0.25) is 10.5 Å². The van der Waals surface area contributed by atoms with E-state index in [-0.39, 0.29) is 23.4 Å². The van der Waals surface area contributed by atoms with Gasteiger partial charge in [-0.2, -0.15) is 0 Å². The third kappa shape index (κ3) is 5.89. The summed E-state index contributed by atoms with van der Waals surface area (Å²) in [5.74, 6) is -0.233. The van der Waals surface area contributed by atoms with Crippen LogP contribution in [0.25, 0.3) is 5.57 Å². The van der Waals surface area contributed by atoms with E-state index in [1.807, 2.05) is 31.2 Å². The van der Waals surface area contributed by atoms with E-state index in [2.05, 4.69) is 85.0 Å². The van der Waals surface area contributed by atoms with Crippen molar-refractivity contribution < 1.29 is 14.0 Å². The second kappa shape index (κ2) is 11.3. The van der Waals surface area contributed by atoms with Gasteiger partial charge in [-0.15, -0.1) is 0 Å². The van der Waals surface area contributed by atoms with Gasteiger partial charge < -0.3 is 9.16 Å². The minimum atomic E-state index is -0.332. The Balaban J connectivity index is 2.04. The predicted octanol–water partition coefficient (Wildman–Crippen LogP) is 6.65. The number of benzene rings is 3. The van der Waals surface area contributed by atoms with E-state index in [4.69, 9.17) is 9.16 Å². The largest absolute Gasteiger partial charge is 0.463 e. The fraction of sp³-hybridized carbons (Fsp3) is 0.276. The van der Waals surface area contributed by atoms with Crippen molar-refractivity contribution in [1.82, 2.24) is 0 Å². The Labute approximate surface area is 201 Å². The molecule has 3 rings (SSSR count). The van der Waals surface area contributed by atoms with Gasteiger partial charge in [-0.05, 0) is 47.7 Å². The van der Waals surface area contributed by atoms with Crippen molar-refractivity contribution in [2.75, 3.05) is 6.61 Å². The molecule has 0 aliphatic rings. The van der Waals surface area contributed by atoms with Crippen LogP contribution in [0.15, 0.2) is 91.0 Å². The molecule has 0 bridgehead atoms. The lowest BCUT2D eigenvalue weighted by Crippen LogP contribution is -2.32. The molecule has 3 aromatic rings. The maximum absolute atomic E-state index is 11.9. The molecule has 0 saturated carbocycles. The van der Waals surface area contributed by atoms with E-state index in [1.165, 1.54) is 17.2 Å². The predicted molar refractivity (Wildman–Crippen MR) is 135 cm³/mol. The third-order valence-electron chi connectivity index (χ3n) is 6.07. The van der Waals surface area contributed by atoms with Crippen molar-refractivity contribution >= 4 is 22.0 Å². The number of carbonyl (C=O) groups is 1. The van der Waals surface area contributed by atoms with Crippen LogP contribution in [0.2, 0.25) is 0 Å². The number of allylic oxidation sites excluding steroid dienone is 1. The third-order valence-corrected chi connectivity index (χ3v) is 6.30. The van der Waals surface area contributed by atoms with E-state index in [1.54, 1.807) is 6.92 Å². The number of hydrogen-bond donors (Lipinski definition) is 0. The highest BCUT2D eigenvalue weighted by atomic mass is 28.2. The van der Waals surface area contributed by atoms with Crippen LogP contribution in [0.1, 0.15) is 62.0 Å². The first kappa shape index (κ1) is 24.7. The summed E-state index contributed by atoms with van der Waals surface area (Å²) in [7, 11) is 3.39. The second-order valence-corrected chi connectivity index (χ2v) is 9.01. The number of ether oxygens (including phenoxy) is 1. The zero-order chi connectivity index (χ0) is 23.8. The van der Waals surface area contributed by atoms with Gasteiger partial charge in [-0.1, -0.05) is 92.7 Å². The van der Waals surface area contributed by atoms with Gasteiger partial charge in [-0.3, -0.25) is 0 Å². The van der Waals surface area contributed by atoms with E-state index < -0.39 is 0 Å². The topological polar surface area (TPSA) is 35.5 Å². The molecule has 0 aromatic heterocycles. The molecular weight excluding hydrogens is 424 g/mol. The Hall–Kier alpha value is -2.95. The SMILES string of the molecule is CCOC(=O)C=C(C)c1cccc(C(O[Si])C(C)(C)C(c2ccccc2)c2ccccc2)c1. The molecule has 0 spiro atoms. The fourth-order valence-corrected chi connectivity index (χ4v) is 4.97. The summed E-state index contributed by atoms with van der Waals surface area (Å²) < 4.78 is 11.0. The molecule has 0 fully saturated rings. The highest BCUT2D eigenvalue weighted by molar-refractivity contribution is 5.98. The normalized spacial score (nSPS) is 13.1. The number of hydrogen-bond acceptors (Lipinski definition) is 3. The van der Waals surface area contributed by atoms with Crippen molar-refractivity contribution in [3.8, 4) is 0 Å². The van der Waals surface area contributed by atoms with Crippen LogP contribution in [0.4, 0.5) is 0 Å². The van der Waals surface area contributed by atoms with Crippen molar-refractivity contribution in [3.05, 3.63) is 113 Å². The average Bonchev–Trinajstić information content (AvgIpc) is 2.81. The summed E-state index contributed by atoms with van der Waals surface area (Å²) in [5.41, 5.74) is 4.99. The van der Waals surface area contributed by atoms with Crippen molar-refractivity contribution in [3.63, 3.8) is 0 Å². The minimum absolute atomic E-state index is 0.0982. The molecule has 0 aliphatic carbocycles. The van der Waals surface area contributed by atoms with Crippen molar-refractivity contribution in [2.45, 2.75) is 39.7 Å². The van der Waals surface area contributed by atoms with Gasteiger partial charge in [0.15, 0.2) is 0 Å². The molecule has 4 heteroatoms. The zero-order valence-electron chi connectivity index (χ0n) is 19.7. The highest BCUT2D eigenvalue weighted by Crippen LogP contribution is 2.50. The van der Waals surface area contributed by atoms with E-state index in [0.717, 1.165) is 16.7 Å². The van der Waals surface area contributed by atoms with Crippen LogP contribution in [0.3, 0.4) is 0 Å². The summed E-state index contributed by atoms with van der Waals surface area (Å²) in [6.45, 7) is 8.54. The molecular formula is C29H31O3Si. The van der Waals surface area contributed by atoms with Crippen LogP contribution >= 0.6 is 0 Å². The van der Waals surface area contributed by atoms with Crippen LogP contribution < -0.4 is 0 Å². The smallest absolute Gasteiger partial charge is 0.331 e. The summed E-state index contributed by atoms with van der Waals surface area (Å²) in [5, 5.41) is 0. The molecule has 1 unspecified atom stereocenters. The average molecular weight is 456 g/mol. The van der Waals surface area contributed by atoms with Gasteiger partial charge >= 0.3 is 5.97 Å². The van der Waals surface area contributed by atoms with E-state index in [9.17, 15) is 4.79 Å². The molecule has 33 heavy (non-hydrogen) atoms. The Morgan fingerprint density at radius 2 is 1.45 bits per heavy atom. The number of esters is 1. The first-order chi connectivity index (χ1) is 15.9. The van der Waals surface area contributed by atoms with Gasteiger partial charge in [0.25, 0.3) is 0 Å². The number of rotatable bonds is 9. The highest BCUT2D eigenvalue weighted by Gasteiger charge is 2.40. The van der Waals surface area contributed by atoms with Gasteiger partial charge in [0, 0.05) is 17.4 Å². The lowest BCUT2D eigenvalue weighted by atomic mass is 9.66. The first-order valence-corrected chi connectivity index (χ1v) is 11.7. The van der Waals surface area contributed by atoms with Crippen LogP contribution in [-0.4, -0.2) is 23.1 Å². The second-order valence-electron chi connectivity index (χ2n) is 8.78. The Kier molecular flexibility index (Phi) is 8.42. The van der Waals surface area contributed by atoms with E-state index >= 15 is 0 Å². The molecule has 0 saturated heterocycles. The lowest BCUT2D eigenvalue weighted by molar-refractivity contribution is -0.137.